The van der Waals surface area contributed by atoms with Gasteiger partial charge in [0, 0.05) is 13.1 Å². The molecule has 5 rings (SSSR count). The van der Waals surface area contributed by atoms with Crippen molar-refractivity contribution in [3.8, 4) is 0 Å². The summed E-state index contributed by atoms with van der Waals surface area (Å²) in [6, 6.07) is 6.93. The van der Waals surface area contributed by atoms with E-state index in [2.05, 4.69) is 20.3 Å². The lowest BCUT2D eigenvalue weighted by Gasteiger charge is -2.50. The molecule has 0 unspecified atom stereocenters. The molecule has 7 nitrogen and oxygen atoms in total. The fourth-order valence-corrected chi connectivity index (χ4v) is 5.55. The van der Waals surface area contributed by atoms with Crippen LogP contribution in [0.5, 0.6) is 0 Å². The smallest absolute Gasteiger partial charge is 0.348 e. The Morgan fingerprint density at radius 2 is 1.60 bits per heavy atom. The van der Waals surface area contributed by atoms with E-state index in [-0.39, 0.29) is 18.2 Å². The number of hydrogen-bond donors (Lipinski definition) is 1. The highest BCUT2D eigenvalue weighted by Crippen LogP contribution is 2.43. The summed E-state index contributed by atoms with van der Waals surface area (Å²) in [6.07, 6.45) is -10.3. The number of hydrogen-bond acceptors (Lipinski definition) is 6. The summed E-state index contributed by atoms with van der Waals surface area (Å²) >= 11 is 0. The van der Waals surface area contributed by atoms with Crippen molar-refractivity contribution in [2.24, 2.45) is 0 Å². The van der Waals surface area contributed by atoms with Crippen LogP contribution in [0.15, 0.2) is 42.5 Å². The maximum absolute atomic E-state index is 13.9. The first kappa shape index (κ1) is 30.2. The molecule has 14 heteroatoms. The van der Waals surface area contributed by atoms with Gasteiger partial charge in [0.2, 0.25) is 0 Å². The SMILES string of the molecule is C[C@@H](O[C@H]1OCCN(c2n[nH]nc2CN2CCCC2)[C@@]1(C)c1ccc(F)cc1)c1cc(C(F)(F)F)cc(C(F)(F)F)c1. The fraction of sp³-hybridized carbons (Fsp3) is 0.500. The van der Waals surface area contributed by atoms with Gasteiger partial charge in [-0.15, -0.1) is 5.10 Å². The van der Waals surface area contributed by atoms with E-state index in [4.69, 9.17) is 9.47 Å². The Balaban J connectivity index is 1.52. The molecule has 0 saturated carbocycles. The summed E-state index contributed by atoms with van der Waals surface area (Å²) in [5.74, 6) is 0.00738. The van der Waals surface area contributed by atoms with Gasteiger partial charge in [-0.1, -0.05) is 12.1 Å². The lowest BCUT2D eigenvalue weighted by atomic mass is 9.87. The van der Waals surface area contributed by atoms with Gasteiger partial charge >= 0.3 is 12.4 Å². The van der Waals surface area contributed by atoms with Crippen LogP contribution in [0.2, 0.25) is 0 Å². The molecule has 2 aliphatic heterocycles. The molecule has 0 amide bonds. The van der Waals surface area contributed by atoms with Crippen molar-refractivity contribution in [2.75, 3.05) is 31.1 Å². The molecule has 0 aliphatic carbocycles. The number of halogens is 7. The minimum Gasteiger partial charge on any atom is -0.348 e. The number of nitrogens with zero attached hydrogens (tertiary/aromatic N) is 4. The number of likely N-dealkylation sites (tertiary alicyclic amines) is 1. The second-order valence-electron chi connectivity index (χ2n) is 10.7. The van der Waals surface area contributed by atoms with Crippen LogP contribution in [0.3, 0.4) is 0 Å². The monoisotopic (exact) mass is 601 g/mol. The van der Waals surface area contributed by atoms with Crippen LogP contribution in [0, 0.1) is 5.82 Å². The molecule has 42 heavy (non-hydrogen) atoms. The van der Waals surface area contributed by atoms with Crippen LogP contribution in [0.1, 0.15) is 60.7 Å². The molecule has 2 aromatic carbocycles. The van der Waals surface area contributed by atoms with Crippen molar-refractivity contribution < 1.29 is 40.2 Å². The van der Waals surface area contributed by atoms with E-state index in [0.29, 0.717) is 42.3 Å². The van der Waals surface area contributed by atoms with Crippen LogP contribution in [0.25, 0.3) is 0 Å². The van der Waals surface area contributed by atoms with Crippen LogP contribution in [0.4, 0.5) is 36.6 Å². The number of anilines is 1. The molecule has 3 heterocycles. The standard InChI is InChI=1S/C28H30F7N5O2/c1-17(18-13-20(27(30,31)32)15-21(14-18)28(33,34)35)42-25-26(2,19-5-7-22(29)8-6-19)40(11-12-41-25)24-23(36-38-37-24)16-39-9-3-4-10-39/h5-8,13-15,17,25H,3-4,9-12,16H2,1-2H3,(H,36,37,38)/t17-,25-,26+/m1/s1. The summed E-state index contributed by atoms with van der Waals surface area (Å²) in [7, 11) is 0. The van der Waals surface area contributed by atoms with Crippen LogP contribution in [-0.2, 0) is 33.9 Å². The second-order valence-corrected chi connectivity index (χ2v) is 10.7. The highest BCUT2D eigenvalue weighted by molar-refractivity contribution is 5.50. The van der Waals surface area contributed by atoms with Crippen molar-refractivity contribution in [1.82, 2.24) is 20.3 Å². The summed E-state index contributed by atoms with van der Waals surface area (Å²) in [4.78, 5) is 4.11. The molecular formula is C28H30F7N5O2. The average Bonchev–Trinajstić information content (AvgIpc) is 3.61. The minimum absolute atomic E-state index is 0.0736. The lowest BCUT2D eigenvalue weighted by molar-refractivity contribution is -0.217. The summed E-state index contributed by atoms with van der Waals surface area (Å²) < 4.78 is 107. The van der Waals surface area contributed by atoms with Crippen LogP contribution < -0.4 is 4.90 Å². The van der Waals surface area contributed by atoms with Crippen LogP contribution in [-0.4, -0.2) is 52.8 Å². The summed E-state index contributed by atoms with van der Waals surface area (Å²) in [6.45, 7) is 5.87. The first-order valence-corrected chi connectivity index (χ1v) is 13.5. The molecule has 2 fully saturated rings. The number of benzene rings is 2. The maximum Gasteiger partial charge on any atom is 0.416 e. The first-order chi connectivity index (χ1) is 19.8. The molecule has 3 atom stereocenters. The highest BCUT2D eigenvalue weighted by Gasteiger charge is 2.49. The molecule has 228 valence electrons. The van der Waals surface area contributed by atoms with E-state index in [1.54, 1.807) is 6.92 Å². The highest BCUT2D eigenvalue weighted by atomic mass is 19.4. The fourth-order valence-electron chi connectivity index (χ4n) is 5.55. The van der Waals surface area contributed by atoms with Crippen molar-refractivity contribution in [3.05, 3.63) is 76.2 Å². The molecular weight excluding hydrogens is 571 g/mol. The normalized spacial score (nSPS) is 23.0. The van der Waals surface area contributed by atoms with Gasteiger partial charge in [-0.25, -0.2) is 4.39 Å². The largest absolute Gasteiger partial charge is 0.416 e. The Hall–Kier alpha value is -3.23. The van der Waals surface area contributed by atoms with Crippen LogP contribution >= 0.6 is 0 Å². The van der Waals surface area contributed by atoms with Gasteiger partial charge in [0.15, 0.2) is 12.1 Å². The zero-order valence-electron chi connectivity index (χ0n) is 22.9. The van der Waals surface area contributed by atoms with E-state index < -0.39 is 47.2 Å². The number of alkyl halides is 6. The molecule has 0 bridgehead atoms. The molecule has 1 aromatic heterocycles. The number of nitrogens with one attached hydrogen (secondary N) is 1. The topological polar surface area (TPSA) is 66.5 Å². The number of rotatable bonds is 7. The van der Waals surface area contributed by atoms with Gasteiger partial charge in [-0.3, -0.25) is 4.90 Å². The van der Waals surface area contributed by atoms with E-state index >= 15 is 0 Å². The van der Waals surface area contributed by atoms with Gasteiger partial charge in [0.05, 0.1) is 23.8 Å². The van der Waals surface area contributed by atoms with Crippen molar-refractivity contribution in [1.29, 1.82) is 0 Å². The van der Waals surface area contributed by atoms with Gasteiger partial charge in [-0.2, -0.15) is 36.7 Å². The molecule has 3 aromatic rings. The van der Waals surface area contributed by atoms with E-state index in [9.17, 15) is 30.7 Å². The Labute approximate surface area is 237 Å². The molecule has 2 saturated heterocycles. The van der Waals surface area contributed by atoms with Crippen molar-refractivity contribution in [2.45, 2.75) is 63.5 Å². The maximum atomic E-state index is 13.9. The Bertz CT molecular complexity index is 1340. The Morgan fingerprint density at radius 3 is 2.19 bits per heavy atom. The first-order valence-electron chi connectivity index (χ1n) is 13.5. The number of H-pyrrole nitrogens is 1. The van der Waals surface area contributed by atoms with Crippen molar-refractivity contribution >= 4 is 5.82 Å². The van der Waals surface area contributed by atoms with Gasteiger partial charge < -0.3 is 14.4 Å². The number of morpholine rings is 1. The van der Waals surface area contributed by atoms with E-state index in [0.717, 1.165) is 25.9 Å². The predicted octanol–water partition coefficient (Wildman–Crippen LogP) is 6.43. The lowest BCUT2D eigenvalue weighted by Crippen LogP contribution is -2.60. The summed E-state index contributed by atoms with van der Waals surface area (Å²) in [5.41, 5.74) is -3.24. The van der Waals surface area contributed by atoms with Gasteiger partial charge in [0.25, 0.3) is 0 Å². The zero-order chi connectivity index (χ0) is 30.3. The Kier molecular flexibility index (Phi) is 8.25. The third-order valence-electron chi connectivity index (χ3n) is 7.87. The van der Waals surface area contributed by atoms with E-state index in [1.165, 1.54) is 31.2 Å². The molecule has 0 spiro atoms. The van der Waals surface area contributed by atoms with E-state index in [1.807, 2.05) is 4.90 Å². The zero-order valence-corrected chi connectivity index (χ0v) is 22.9. The minimum atomic E-state index is -5.00. The quantitative estimate of drug-likeness (QED) is 0.315. The third kappa shape index (κ3) is 6.11. The van der Waals surface area contributed by atoms with Gasteiger partial charge in [-0.05, 0) is 81.2 Å². The molecule has 2 aliphatic rings. The van der Waals surface area contributed by atoms with Gasteiger partial charge in [0.1, 0.15) is 17.1 Å². The average molecular weight is 602 g/mol. The summed E-state index contributed by atoms with van der Waals surface area (Å²) in [5, 5.41) is 11.4. The van der Waals surface area contributed by atoms with Crippen molar-refractivity contribution in [3.63, 3.8) is 0 Å². The second kappa shape index (κ2) is 11.5. The Morgan fingerprint density at radius 1 is 0.976 bits per heavy atom. The number of aromatic nitrogens is 3. The number of ether oxygens (including phenoxy) is 2. The number of aromatic amines is 1. The predicted molar refractivity (Wildman–Crippen MR) is 138 cm³/mol. The molecule has 1 N–H and O–H groups in total. The molecule has 0 radical (unpaired) electrons. The third-order valence-corrected chi connectivity index (χ3v) is 7.87.